The first-order chi connectivity index (χ1) is 14.4. The molecule has 2 aromatic rings. The predicted molar refractivity (Wildman–Crippen MR) is 118 cm³/mol. The molecule has 0 saturated carbocycles. The highest BCUT2D eigenvalue weighted by Crippen LogP contribution is 2.34. The zero-order valence-electron chi connectivity index (χ0n) is 16.8. The zero-order valence-corrected chi connectivity index (χ0v) is 17.5. The Morgan fingerprint density at radius 1 is 1.33 bits per heavy atom. The highest BCUT2D eigenvalue weighted by atomic mass is 35.5. The van der Waals surface area contributed by atoms with Crippen molar-refractivity contribution in [2.45, 2.75) is 19.3 Å². The molecule has 0 saturated heterocycles. The van der Waals surface area contributed by atoms with Crippen LogP contribution in [0.5, 0.6) is 0 Å². The van der Waals surface area contributed by atoms with Crippen LogP contribution in [0.4, 0.5) is 10.1 Å². The molecule has 3 rings (SSSR count). The van der Waals surface area contributed by atoms with Gasteiger partial charge in [0.15, 0.2) is 0 Å². The van der Waals surface area contributed by atoms with E-state index in [1.807, 2.05) is 36.4 Å². The third-order valence-corrected chi connectivity index (χ3v) is 5.13. The molecule has 0 aromatic heterocycles. The number of benzene rings is 2. The average molecular weight is 428 g/mol. The van der Waals surface area contributed by atoms with Gasteiger partial charge in [-0.3, -0.25) is 4.79 Å². The smallest absolute Gasteiger partial charge is 0.221 e. The molecule has 0 radical (unpaired) electrons. The number of carbonyl (C=O) groups is 1. The van der Waals surface area contributed by atoms with Gasteiger partial charge in [-0.2, -0.15) is 0 Å². The lowest BCUT2D eigenvalue weighted by Gasteiger charge is -2.24. The van der Waals surface area contributed by atoms with Gasteiger partial charge in [-0.25, -0.2) is 4.39 Å². The van der Waals surface area contributed by atoms with E-state index in [1.165, 1.54) is 13.0 Å². The first-order valence-electron chi connectivity index (χ1n) is 9.48. The van der Waals surface area contributed by atoms with Crippen molar-refractivity contribution in [1.82, 2.24) is 4.90 Å². The molecule has 1 atom stereocenters. The normalized spacial score (nSPS) is 15.0. The molecular weight excluding hydrogens is 405 g/mol. The Kier molecular flexibility index (Phi) is 6.90. The second kappa shape index (κ2) is 9.59. The number of halogens is 2. The summed E-state index contributed by atoms with van der Waals surface area (Å²) in [5, 5.41) is 16.3. The van der Waals surface area contributed by atoms with Crippen molar-refractivity contribution in [3.8, 4) is 0 Å². The van der Waals surface area contributed by atoms with Crippen molar-refractivity contribution in [1.29, 1.82) is 0 Å². The fourth-order valence-electron chi connectivity index (χ4n) is 3.53. The lowest BCUT2D eigenvalue weighted by atomic mass is 9.84. The van der Waals surface area contributed by atoms with Crippen molar-refractivity contribution >= 4 is 28.9 Å². The number of likely N-dealkylation sites (N-methyl/N-ethyl adjacent to an activating group) is 1. The van der Waals surface area contributed by atoms with Crippen LogP contribution in [0.15, 0.2) is 71.5 Å². The third-order valence-electron chi connectivity index (χ3n) is 4.89. The van der Waals surface area contributed by atoms with Gasteiger partial charge < -0.3 is 15.4 Å². The minimum Gasteiger partial charge on any atom is -0.411 e. The fraction of sp³-hybridized carbons (Fsp3) is 0.217. The largest absolute Gasteiger partial charge is 0.411 e. The standard InChI is InChI=1S/C23H23ClFN3O2/c1-15(29)26-19-7-3-5-16(11-19)21(20-9-8-18(24)12-22(20)25)13-23(27-30)17-6-4-10-28(2)14-17/h3-12,21,30H,13-14H2,1-2H3,(H,26,29). The van der Waals surface area contributed by atoms with Gasteiger partial charge in [0.05, 0.1) is 5.71 Å². The van der Waals surface area contributed by atoms with Gasteiger partial charge in [-0.15, -0.1) is 0 Å². The van der Waals surface area contributed by atoms with Crippen LogP contribution < -0.4 is 5.32 Å². The van der Waals surface area contributed by atoms with Crippen LogP contribution in [0.1, 0.15) is 30.4 Å². The number of carbonyl (C=O) groups excluding carboxylic acids is 1. The molecule has 1 amide bonds. The summed E-state index contributed by atoms with van der Waals surface area (Å²) in [6.07, 6.45) is 5.95. The SMILES string of the molecule is CC(=O)Nc1cccc(C(CC(=NO)C2=CC=CN(C)C2)c2ccc(Cl)cc2F)c1. The van der Waals surface area contributed by atoms with Crippen LogP contribution in [-0.4, -0.2) is 35.3 Å². The lowest BCUT2D eigenvalue weighted by Crippen LogP contribution is -2.23. The molecule has 2 N–H and O–H groups in total. The maximum Gasteiger partial charge on any atom is 0.221 e. The van der Waals surface area contributed by atoms with E-state index < -0.39 is 11.7 Å². The van der Waals surface area contributed by atoms with Crippen molar-refractivity contribution in [2.24, 2.45) is 5.16 Å². The van der Waals surface area contributed by atoms with E-state index in [1.54, 1.807) is 30.3 Å². The molecule has 1 heterocycles. The minimum absolute atomic E-state index is 0.193. The summed E-state index contributed by atoms with van der Waals surface area (Å²) < 4.78 is 14.9. The maximum absolute atomic E-state index is 14.9. The molecule has 2 aromatic carbocycles. The molecule has 156 valence electrons. The second-order valence-electron chi connectivity index (χ2n) is 7.22. The summed E-state index contributed by atoms with van der Waals surface area (Å²) in [5.41, 5.74) is 3.14. The number of rotatable bonds is 6. The fourth-order valence-corrected chi connectivity index (χ4v) is 3.68. The van der Waals surface area contributed by atoms with E-state index in [9.17, 15) is 14.4 Å². The minimum atomic E-state index is -0.445. The molecule has 1 unspecified atom stereocenters. The van der Waals surface area contributed by atoms with E-state index >= 15 is 0 Å². The van der Waals surface area contributed by atoms with Gasteiger partial charge in [0.2, 0.25) is 5.91 Å². The molecule has 0 aliphatic carbocycles. The van der Waals surface area contributed by atoms with E-state index in [4.69, 9.17) is 11.6 Å². The van der Waals surface area contributed by atoms with Gasteiger partial charge in [-0.1, -0.05) is 41.0 Å². The summed E-state index contributed by atoms with van der Waals surface area (Å²) in [5.74, 6) is -1.08. The number of hydrogen-bond donors (Lipinski definition) is 2. The van der Waals surface area contributed by atoms with Gasteiger partial charge in [0, 0.05) is 43.6 Å². The van der Waals surface area contributed by atoms with E-state index in [0.29, 0.717) is 28.5 Å². The molecule has 30 heavy (non-hydrogen) atoms. The van der Waals surface area contributed by atoms with Crippen LogP contribution >= 0.6 is 11.6 Å². The molecule has 1 aliphatic rings. The number of nitrogens with one attached hydrogen (secondary N) is 1. The Labute approximate surface area is 180 Å². The number of nitrogens with zero attached hydrogens (tertiary/aromatic N) is 2. The zero-order chi connectivity index (χ0) is 21.7. The number of allylic oxidation sites excluding steroid dienone is 2. The van der Waals surface area contributed by atoms with Crippen LogP contribution in [0.2, 0.25) is 5.02 Å². The first-order valence-corrected chi connectivity index (χ1v) is 9.86. The van der Waals surface area contributed by atoms with Crippen LogP contribution in [-0.2, 0) is 4.79 Å². The summed E-state index contributed by atoms with van der Waals surface area (Å²) in [4.78, 5) is 13.4. The van der Waals surface area contributed by atoms with Gasteiger partial charge in [0.1, 0.15) is 5.82 Å². The van der Waals surface area contributed by atoms with E-state index in [-0.39, 0.29) is 12.3 Å². The molecule has 5 nitrogen and oxygen atoms in total. The van der Waals surface area contributed by atoms with E-state index in [0.717, 1.165) is 11.1 Å². The molecule has 0 fully saturated rings. The topological polar surface area (TPSA) is 64.9 Å². The van der Waals surface area contributed by atoms with Crippen LogP contribution in [0.3, 0.4) is 0 Å². The quantitative estimate of drug-likeness (QED) is 0.379. The Morgan fingerprint density at radius 2 is 2.13 bits per heavy atom. The number of anilines is 1. The highest BCUT2D eigenvalue weighted by Gasteiger charge is 2.24. The number of oxime groups is 1. The average Bonchev–Trinajstić information content (AvgIpc) is 2.69. The second-order valence-corrected chi connectivity index (χ2v) is 7.66. The third kappa shape index (κ3) is 5.27. The van der Waals surface area contributed by atoms with Crippen molar-refractivity contribution in [2.75, 3.05) is 18.9 Å². The molecular formula is C23H23ClFN3O2. The number of amides is 1. The maximum atomic E-state index is 14.9. The predicted octanol–water partition coefficient (Wildman–Crippen LogP) is 5.18. The first kappa shape index (κ1) is 21.6. The summed E-state index contributed by atoms with van der Waals surface area (Å²) >= 11 is 5.95. The van der Waals surface area contributed by atoms with Crippen LogP contribution in [0, 0.1) is 5.82 Å². The Morgan fingerprint density at radius 3 is 2.80 bits per heavy atom. The molecule has 7 heteroatoms. The summed E-state index contributed by atoms with van der Waals surface area (Å²) in [6.45, 7) is 2.01. The molecule has 1 aliphatic heterocycles. The Hall–Kier alpha value is -3.12. The summed E-state index contributed by atoms with van der Waals surface area (Å²) in [7, 11) is 1.92. The van der Waals surface area contributed by atoms with Crippen molar-refractivity contribution in [3.05, 3.63) is 88.4 Å². The van der Waals surface area contributed by atoms with Crippen LogP contribution in [0.25, 0.3) is 0 Å². The van der Waals surface area contributed by atoms with Gasteiger partial charge in [0.25, 0.3) is 0 Å². The Bertz CT molecular complexity index is 1030. The number of hydrogen-bond acceptors (Lipinski definition) is 4. The lowest BCUT2D eigenvalue weighted by molar-refractivity contribution is -0.114. The van der Waals surface area contributed by atoms with Crippen molar-refractivity contribution < 1.29 is 14.4 Å². The summed E-state index contributed by atoms with van der Waals surface area (Å²) in [6, 6.07) is 11.8. The van der Waals surface area contributed by atoms with Gasteiger partial charge in [-0.05, 0) is 53.2 Å². The Balaban J connectivity index is 2.03. The van der Waals surface area contributed by atoms with Crippen molar-refractivity contribution in [3.63, 3.8) is 0 Å². The van der Waals surface area contributed by atoms with Gasteiger partial charge >= 0.3 is 0 Å². The molecule has 0 spiro atoms. The van der Waals surface area contributed by atoms with E-state index in [2.05, 4.69) is 10.5 Å². The monoisotopic (exact) mass is 427 g/mol. The highest BCUT2D eigenvalue weighted by molar-refractivity contribution is 6.30. The molecule has 0 bridgehead atoms.